The number of methoxy groups -OCH3 is 1. The summed E-state index contributed by atoms with van der Waals surface area (Å²) in [4.78, 5) is 11.1. The van der Waals surface area contributed by atoms with Gasteiger partial charge in [-0.25, -0.2) is 4.39 Å². The number of benzene rings is 1. The van der Waals surface area contributed by atoms with Gasteiger partial charge >= 0.3 is 0 Å². The summed E-state index contributed by atoms with van der Waals surface area (Å²) in [7, 11) is 1.39. The van der Waals surface area contributed by atoms with Gasteiger partial charge in [-0.3, -0.25) is 4.79 Å². The fourth-order valence-corrected chi connectivity index (χ4v) is 1.01. The number of hydrogen-bond donors (Lipinski definition) is 1. The van der Waals surface area contributed by atoms with Gasteiger partial charge in [0.2, 0.25) is 5.91 Å². The second-order valence-electron chi connectivity index (χ2n) is 2.79. The molecule has 0 bridgehead atoms. The molecule has 1 aromatic rings. The molecule has 15 heavy (non-hydrogen) atoms. The Labute approximate surface area is 86.3 Å². The van der Waals surface area contributed by atoms with Crippen LogP contribution in [0.2, 0.25) is 0 Å². The number of ether oxygens (including phenoxy) is 1. The van der Waals surface area contributed by atoms with E-state index in [0.717, 1.165) is 6.07 Å². The van der Waals surface area contributed by atoms with Gasteiger partial charge in [0.15, 0.2) is 0 Å². The van der Waals surface area contributed by atoms with E-state index in [9.17, 15) is 9.18 Å². The monoisotopic (exact) mass is 208 g/mol. The highest BCUT2D eigenvalue weighted by Crippen LogP contribution is 2.13. The fourth-order valence-electron chi connectivity index (χ4n) is 1.01. The summed E-state index contributed by atoms with van der Waals surface area (Å²) in [5.74, 6) is -1.03. The zero-order valence-corrected chi connectivity index (χ0v) is 8.08. The van der Waals surface area contributed by atoms with E-state index < -0.39 is 5.82 Å². The minimum absolute atomic E-state index is 0.0558. The summed E-state index contributed by atoms with van der Waals surface area (Å²) in [5, 5.41) is 10.9. The number of anilines is 1. The fraction of sp³-hybridized carbons (Fsp3) is 0.200. The summed E-state index contributed by atoms with van der Waals surface area (Å²) in [6.07, 6.45) is 0. The summed E-state index contributed by atoms with van der Waals surface area (Å²) in [5.41, 5.74) is 0.244. The van der Waals surface area contributed by atoms with Gasteiger partial charge in [0.05, 0.1) is 5.56 Å². The third-order valence-electron chi connectivity index (χ3n) is 1.65. The molecule has 0 spiro atoms. The maximum Gasteiger partial charge on any atom is 0.250 e. The van der Waals surface area contributed by atoms with E-state index in [-0.39, 0.29) is 18.1 Å². The number of carbonyl (C=O) groups is 1. The van der Waals surface area contributed by atoms with Crippen LogP contribution in [0.15, 0.2) is 18.2 Å². The second kappa shape index (κ2) is 5.08. The summed E-state index contributed by atoms with van der Waals surface area (Å²) in [6.45, 7) is -0.0956. The summed E-state index contributed by atoms with van der Waals surface area (Å²) >= 11 is 0. The Kier molecular flexibility index (Phi) is 3.77. The molecule has 1 rings (SSSR count). The lowest BCUT2D eigenvalue weighted by Crippen LogP contribution is -2.17. The number of nitrogens with one attached hydrogen (secondary N) is 1. The van der Waals surface area contributed by atoms with Gasteiger partial charge < -0.3 is 10.1 Å². The SMILES string of the molecule is COCC(=O)Nc1ccc(C#N)c(F)c1. The number of carbonyl (C=O) groups excluding carboxylic acids is 1. The molecule has 5 heteroatoms. The van der Waals surface area contributed by atoms with Gasteiger partial charge in [0.25, 0.3) is 0 Å². The van der Waals surface area contributed by atoms with E-state index >= 15 is 0 Å². The normalized spacial score (nSPS) is 9.40. The second-order valence-corrected chi connectivity index (χ2v) is 2.79. The van der Waals surface area contributed by atoms with Crippen LogP contribution in [0.1, 0.15) is 5.56 Å². The lowest BCUT2D eigenvalue weighted by atomic mass is 10.2. The van der Waals surface area contributed by atoms with Crippen LogP contribution in [0, 0.1) is 17.1 Å². The van der Waals surface area contributed by atoms with Gasteiger partial charge in [-0.2, -0.15) is 5.26 Å². The Morgan fingerprint density at radius 1 is 1.67 bits per heavy atom. The third-order valence-corrected chi connectivity index (χ3v) is 1.65. The van der Waals surface area contributed by atoms with Crippen molar-refractivity contribution in [2.75, 3.05) is 19.0 Å². The average molecular weight is 208 g/mol. The van der Waals surface area contributed by atoms with Crippen molar-refractivity contribution in [3.8, 4) is 6.07 Å². The highest BCUT2D eigenvalue weighted by atomic mass is 19.1. The molecule has 0 saturated heterocycles. The number of rotatable bonds is 3. The minimum atomic E-state index is -0.660. The lowest BCUT2D eigenvalue weighted by Gasteiger charge is -2.04. The van der Waals surface area contributed by atoms with E-state index in [0.29, 0.717) is 5.69 Å². The molecule has 0 aliphatic heterocycles. The minimum Gasteiger partial charge on any atom is -0.375 e. The highest BCUT2D eigenvalue weighted by molar-refractivity contribution is 5.91. The van der Waals surface area contributed by atoms with E-state index in [2.05, 4.69) is 10.1 Å². The molecule has 0 saturated carbocycles. The Morgan fingerprint density at radius 3 is 2.93 bits per heavy atom. The topological polar surface area (TPSA) is 62.1 Å². The number of nitrogens with zero attached hydrogens (tertiary/aromatic N) is 1. The first-order valence-corrected chi connectivity index (χ1v) is 4.16. The van der Waals surface area contributed by atoms with Crippen molar-refractivity contribution in [1.29, 1.82) is 5.26 Å². The molecule has 0 aromatic heterocycles. The molecule has 1 amide bonds. The first-order chi connectivity index (χ1) is 7.17. The van der Waals surface area contributed by atoms with Crippen LogP contribution in [0.3, 0.4) is 0 Å². The van der Waals surface area contributed by atoms with Crippen molar-refractivity contribution in [2.45, 2.75) is 0 Å². The molecular weight excluding hydrogens is 199 g/mol. The highest BCUT2D eigenvalue weighted by Gasteiger charge is 2.05. The number of hydrogen-bond acceptors (Lipinski definition) is 3. The standard InChI is InChI=1S/C10H9FN2O2/c1-15-6-10(14)13-8-3-2-7(5-12)9(11)4-8/h2-4H,6H2,1H3,(H,13,14). The van der Waals surface area contributed by atoms with E-state index in [4.69, 9.17) is 5.26 Å². The molecule has 0 atom stereocenters. The van der Waals surface area contributed by atoms with Gasteiger partial charge in [-0.05, 0) is 18.2 Å². The molecule has 0 aliphatic carbocycles. The van der Waals surface area contributed by atoms with Crippen molar-refractivity contribution in [3.05, 3.63) is 29.6 Å². The predicted octanol–water partition coefficient (Wildman–Crippen LogP) is 1.28. The van der Waals surface area contributed by atoms with E-state index in [1.54, 1.807) is 6.07 Å². The first-order valence-electron chi connectivity index (χ1n) is 4.16. The van der Waals surface area contributed by atoms with Gasteiger partial charge in [0.1, 0.15) is 18.5 Å². The van der Waals surface area contributed by atoms with Crippen molar-refractivity contribution in [1.82, 2.24) is 0 Å². The number of halogens is 1. The molecule has 1 aromatic carbocycles. The summed E-state index contributed by atoms with van der Waals surface area (Å²) < 4.78 is 17.7. The van der Waals surface area contributed by atoms with Crippen LogP contribution in [0.5, 0.6) is 0 Å². The van der Waals surface area contributed by atoms with Gasteiger partial charge in [-0.1, -0.05) is 0 Å². The van der Waals surface area contributed by atoms with Crippen LogP contribution < -0.4 is 5.32 Å². The Morgan fingerprint density at radius 2 is 2.40 bits per heavy atom. The molecule has 0 heterocycles. The molecule has 0 unspecified atom stereocenters. The lowest BCUT2D eigenvalue weighted by molar-refractivity contribution is -0.119. The van der Waals surface area contributed by atoms with E-state index in [1.165, 1.54) is 19.2 Å². The Balaban J connectivity index is 2.76. The maximum atomic E-state index is 13.1. The molecular formula is C10H9FN2O2. The zero-order valence-electron chi connectivity index (χ0n) is 8.08. The van der Waals surface area contributed by atoms with Crippen molar-refractivity contribution in [2.24, 2.45) is 0 Å². The smallest absolute Gasteiger partial charge is 0.250 e. The molecule has 0 fully saturated rings. The molecule has 0 aliphatic rings. The van der Waals surface area contributed by atoms with Crippen molar-refractivity contribution >= 4 is 11.6 Å². The molecule has 1 N–H and O–H groups in total. The van der Waals surface area contributed by atoms with E-state index in [1.807, 2.05) is 0 Å². The Bertz CT molecular complexity index is 412. The zero-order chi connectivity index (χ0) is 11.3. The Hall–Kier alpha value is -1.93. The maximum absolute atomic E-state index is 13.1. The van der Waals surface area contributed by atoms with Crippen LogP contribution in [0.4, 0.5) is 10.1 Å². The van der Waals surface area contributed by atoms with Crippen LogP contribution in [-0.2, 0) is 9.53 Å². The van der Waals surface area contributed by atoms with Crippen LogP contribution in [-0.4, -0.2) is 19.6 Å². The predicted molar refractivity (Wildman–Crippen MR) is 51.6 cm³/mol. The van der Waals surface area contributed by atoms with Crippen molar-refractivity contribution in [3.63, 3.8) is 0 Å². The van der Waals surface area contributed by atoms with Crippen LogP contribution >= 0.6 is 0 Å². The third kappa shape index (κ3) is 3.04. The van der Waals surface area contributed by atoms with Gasteiger partial charge in [-0.15, -0.1) is 0 Å². The molecule has 0 radical (unpaired) electrons. The average Bonchev–Trinajstić information content (AvgIpc) is 2.18. The van der Waals surface area contributed by atoms with Gasteiger partial charge in [0, 0.05) is 12.8 Å². The number of nitriles is 1. The largest absolute Gasteiger partial charge is 0.375 e. The molecule has 4 nitrogen and oxygen atoms in total. The molecule has 78 valence electrons. The quantitative estimate of drug-likeness (QED) is 0.813. The van der Waals surface area contributed by atoms with Crippen LogP contribution in [0.25, 0.3) is 0 Å². The first kappa shape index (κ1) is 11.1. The number of amides is 1. The van der Waals surface area contributed by atoms with Crippen molar-refractivity contribution < 1.29 is 13.9 Å². The summed E-state index contributed by atoms with van der Waals surface area (Å²) in [6, 6.07) is 5.53.